The maximum absolute atomic E-state index is 13.6. The van der Waals surface area contributed by atoms with Crippen LogP contribution in [0.2, 0.25) is 0 Å². The lowest BCUT2D eigenvalue weighted by Gasteiger charge is -2.09. The van der Waals surface area contributed by atoms with E-state index in [1.165, 1.54) is 10.7 Å². The first kappa shape index (κ1) is 21.2. The fourth-order valence-corrected chi connectivity index (χ4v) is 2.85. The fourth-order valence-electron chi connectivity index (χ4n) is 2.85. The van der Waals surface area contributed by atoms with Crippen LogP contribution in [0.25, 0.3) is 11.3 Å². The van der Waals surface area contributed by atoms with Gasteiger partial charge in [0.1, 0.15) is 17.4 Å². The van der Waals surface area contributed by atoms with Gasteiger partial charge >= 0.3 is 0 Å². The van der Waals surface area contributed by atoms with Crippen molar-refractivity contribution in [3.05, 3.63) is 76.6 Å². The number of rotatable bonds is 8. The van der Waals surface area contributed by atoms with Crippen LogP contribution in [0.5, 0.6) is 5.75 Å². The summed E-state index contributed by atoms with van der Waals surface area (Å²) in [7, 11) is 0. The molecule has 3 rings (SSSR count). The lowest BCUT2D eigenvalue weighted by atomic mass is 10.1. The molecule has 30 heavy (non-hydrogen) atoms. The van der Waals surface area contributed by atoms with Gasteiger partial charge in [0.05, 0.1) is 18.0 Å². The van der Waals surface area contributed by atoms with Crippen molar-refractivity contribution in [2.24, 2.45) is 0 Å². The number of nitrogens with one attached hydrogen (secondary N) is 1. The van der Waals surface area contributed by atoms with E-state index >= 15 is 0 Å². The number of aryl methyl sites for hydroxylation is 1. The third kappa shape index (κ3) is 5.50. The van der Waals surface area contributed by atoms with Crippen molar-refractivity contribution in [2.45, 2.75) is 26.3 Å². The Hall–Kier alpha value is -3.55. The zero-order valence-corrected chi connectivity index (χ0v) is 16.4. The van der Waals surface area contributed by atoms with E-state index in [2.05, 4.69) is 10.4 Å². The van der Waals surface area contributed by atoms with Gasteiger partial charge in [-0.15, -0.1) is 0 Å². The number of halogens is 2. The molecule has 0 bridgehead atoms. The predicted octanol–water partition coefficient (Wildman–Crippen LogP) is 4.01. The highest BCUT2D eigenvalue weighted by Crippen LogP contribution is 2.20. The minimum atomic E-state index is -0.717. The molecule has 1 N–H and O–H groups in total. The number of ether oxygens (including phenoxy) is 1. The van der Waals surface area contributed by atoms with Crippen LogP contribution in [0.3, 0.4) is 0 Å². The first-order chi connectivity index (χ1) is 14.5. The van der Waals surface area contributed by atoms with Crippen LogP contribution in [0.15, 0.2) is 59.4 Å². The van der Waals surface area contributed by atoms with Gasteiger partial charge in [0.2, 0.25) is 5.91 Å². The van der Waals surface area contributed by atoms with Gasteiger partial charge in [-0.3, -0.25) is 9.59 Å². The number of carbonyl (C=O) groups is 1. The van der Waals surface area contributed by atoms with E-state index in [4.69, 9.17) is 4.74 Å². The summed E-state index contributed by atoms with van der Waals surface area (Å²) in [5, 5.41) is 6.68. The molecule has 0 saturated heterocycles. The van der Waals surface area contributed by atoms with Crippen molar-refractivity contribution in [3.8, 4) is 17.0 Å². The molecule has 6 nitrogen and oxygen atoms in total. The Bertz CT molecular complexity index is 1080. The van der Waals surface area contributed by atoms with Crippen LogP contribution in [0.4, 0.5) is 14.5 Å². The van der Waals surface area contributed by atoms with Crippen LogP contribution >= 0.6 is 0 Å². The van der Waals surface area contributed by atoms with Crippen LogP contribution in [-0.2, 0) is 11.3 Å². The lowest BCUT2D eigenvalue weighted by Crippen LogP contribution is -2.23. The summed E-state index contributed by atoms with van der Waals surface area (Å²) in [6.45, 7) is 2.69. The molecule has 8 heteroatoms. The first-order valence-corrected chi connectivity index (χ1v) is 9.52. The van der Waals surface area contributed by atoms with Crippen molar-refractivity contribution in [3.63, 3.8) is 0 Å². The van der Waals surface area contributed by atoms with E-state index in [1.54, 1.807) is 6.07 Å². The van der Waals surface area contributed by atoms with Gasteiger partial charge in [0.25, 0.3) is 5.56 Å². The Balaban J connectivity index is 1.61. The normalized spacial score (nSPS) is 10.6. The Morgan fingerprint density at radius 1 is 1.10 bits per heavy atom. The first-order valence-electron chi connectivity index (χ1n) is 9.52. The number of benzene rings is 2. The third-order valence-corrected chi connectivity index (χ3v) is 4.30. The zero-order chi connectivity index (χ0) is 21.5. The number of nitrogens with zero attached hydrogens (tertiary/aromatic N) is 2. The molecular weight excluding hydrogens is 392 g/mol. The average Bonchev–Trinajstić information content (AvgIpc) is 2.73. The summed E-state index contributed by atoms with van der Waals surface area (Å²) in [5.74, 6) is -1.09. The molecule has 156 valence electrons. The van der Waals surface area contributed by atoms with Gasteiger partial charge in [-0.05, 0) is 55.8 Å². The van der Waals surface area contributed by atoms with E-state index < -0.39 is 17.5 Å². The van der Waals surface area contributed by atoms with Gasteiger partial charge in [-0.1, -0.05) is 0 Å². The largest absolute Gasteiger partial charge is 0.494 e. The molecule has 0 atom stereocenters. The topological polar surface area (TPSA) is 73.2 Å². The maximum atomic E-state index is 13.6. The number of aromatic nitrogens is 2. The van der Waals surface area contributed by atoms with Crippen molar-refractivity contribution >= 4 is 11.6 Å². The van der Waals surface area contributed by atoms with Crippen molar-refractivity contribution in [2.75, 3.05) is 11.9 Å². The van der Waals surface area contributed by atoms with E-state index in [0.717, 1.165) is 29.5 Å². The summed E-state index contributed by atoms with van der Waals surface area (Å²) in [6.07, 6.45) is 0.333. The van der Waals surface area contributed by atoms with E-state index in [1.807, 2.05) is 31.2 Å². The molecular formula is C22H21F2N3O3. The SMILES string of the molecule is CCOc1ccc(-c2ccc(=O)n(CCCC(=O)Nc3cc(F)ccc3F)n2)cc1. The van der Waals surface area contributed by atoms with Gasteiger partial charge < -0.3 is 10.1 Å². The monoisotopic (exact) mass is 413 g/mol. The Labute approximate surface area is 172 Å². The smallest absolute Gasteiger partial charge is 0.266 e. The number of hydrogen-bond acceptors (Lipinski definition) is 4. The van der Waals surface area contributed by atoms with Crippen molar-refractivity contribution < 1.29 is 18.3 Å². The molecule has 0 radical (unpaired) electrons. The molecule has 0 aliphatic carbocycles. The minimum absolute atomic E-state index is 0.0252. The summed E-state index contributed by atoms with van der Waals surface area (Å²) in [4.78, 5) is 24.1. The quantitative estimate of drug-likeness (QED) is 0.606. The number of anilines is 1. The Kier molecular flexibility index (Phi) is 6.90. The maximum Gasteiger partial charge on any atom is 0.266 e. The molecule has 2 aromatic carbocycles. The summed E-state index contributed by atoms with van der Waals surface area (Å²) < 4.78 is 33.5. The Morgan fingerprint density at radius 2 is 1.87 bits per heavy atom. The second-order valence-electron chi connectivity index (χ2n) is 6.51. The predicted molar refractivity (Wildman–Crippen MR) is 109 cm³/mol. The zero-order valence-electron chi connectivity index (χ0n) is 16.4. The molecule has 0 unspecified atom stereocenters. The van der Waals surface area contributed by atoms with Crippen LogP contribution < -0.4 is 15.6 Å². The molecule has 0 aliphatic rings. The van der Waals surface area contributed by atoms with Crippen LogP contribution in [0, 0.1) is 11.6 Å². The standard InChI is InChI=1S/C22H21F2N3O3/c1-2-30-17-8-5-15(6-9-17)19-11-12-22(29)27(26-19)13-3-4-21(28)25-20-14-16(23)7-10-18(20)24/h5-12,14H,2-4,13H2,1H3,(H,25,28). The van der Waals surface area contributed by atoms with E-state index in [9.17, 15) is 18.4 Å². The molecule has 1 amide bonds. The van der Waals surface area contributed by atoms with Gasteiger partial charge in [0.15, 0.2) is 0 Å². The molecule has 0 saturated carbocycles. The second kappa shape index (κ2) is 9.78. The molecule has 1 heterocycles. The highest BCUT2D eigenvalue weighted by atomic mass is 19.1. The van der Waals surface area contributed by atoms with E-state index in [-0.39, 0.29) is 24.2 Å². The molecule has 0 spiro atoms. The Morgan fingerprint density at radius 3 is 2.60 bits per heavy atom. The summed E-state index contributed by atoms with van der Waals surface area (Å²) in [6, 6.07) is 13.2. The molecule has 0 aliphatic heterocycles. The summed E-state index contributed by atoms with van der Waals surface area (Å²) in [5.41, 5.74) is 0.935. The van der Waals surface area contributed by atoms with E-state index in [0.29, 0.717) is 18.7 Å². The van der Waals surface area contributed by atoms with Crippen molar-refractivity contribution in [1.29, 1.82) is 0 Å². The minimum Gasteiger partial charge on any atom is -0.494 e. The number of hydrogen-bond donors (Lipinski definition) is 1. The number of carbonyl (C=O) groups excluding carboxylic acids is 1. The van der Waals surface area contributed by atoms with Crippen molar-refractivity contribution in [1.82, 2.24) is 9.78 Å². The lowest BCUT2D eigenvalue weighted by molar-refractivity contribution is -0.116. The third-order valence-electron chi connectivity index (χ3n) is 4.30. The van der Waals surface area contributed by atoms with Crippen LogP contribution in [-0.4, -0.2) is 22.3 Å². The number of amides is 1. The fraction of sp³-hybridized carbons (Fsp3) is 0.227. The molecule has 3 aromatic rings. The van der Waals surface area contributed by atoms with Gasteiger partial charge in [-0.2, -0.15) is 5.10 Å². The highest BCUT2D eigenvalue weighted by Gasteiger charge is 2.09. The van der Waals surface area contributed by atoms with Crippen LogP contribution in [0.1, 0.15) is 19.8 Å². The highest BCUT2D eigenvalue weighted by molar-refractivity contribution is 5.90. The molecule has 0 fully saturated rings. The summed E-state index contributed by atoms with van der Waals surface area (Å²) >= 11 is 0. The van der Waals surface area contributed by atoms with Gasteiger partial charge in [0, 0.05) is 30.7 Å². The second-order valence-corrected chi connectivity index (χ2v) is 6.51. The average molecular weight is 413 g/mol. The molecule has 1 aromatic heterocycles. The van der Waals surface area contributed by atoms with Gasteiger partial charge in [-0.25, -0.2) is 13.5 Å².